The van der Waals surface area contributed by atoms with Crippen LogP contribution in [-0.2, 0) is 9.53 Å². The SMILES string of the molecule is CCCOC(=O)c1ccc(NC(=O)CSc2nnc(-c3cccs3)n2N)cc1. The molecule has 28 heavy (non-hydrogen) atoms. The minimum atomic E-state index is -0.376. The molecule has 2 heterocycles. The molecule has 0 saturated carbocycles. The van der Waals surface area contributed by atoms with Gasteiger partial charge in [0.2, 0.25) is 11.1 Å². The number of nitrogen functional groups attached to an aromatic ring is 1. The van der Waals surface area contributed by atoms with Gasteiger partial charge in [-0.15, -0.1) is 21.5 Å². The van der Waals surface area contributed by atoms with E-state index < -0.39 is 0 Å². The standard InChI is InChI=1S/C18H19N5O3S2/c1-2-9-26-17(25)12-5-7-13(8-6-12)20-15(24)11-28-18-22-21-16(23(18)19)14-4-3-10-27-14/h3-8,10H,2,9,11,19H2,1H3,(H,20,24). The summed E-state index contributed by atoms with van der Waals surface area (Å²) in [5.74, 6) is 6.11. The maximum Gasteiger partial charge on any atom is 0.338 e. The van der Waals surface area contributed by atoms with E-state index in [0.29, 0.717) is 28.8 Å². The zero-order chi connectivity index (χ0) is 19.9. The molecule has 8 nitrogen and oxygen atoms in total. The van der Waals surface area contributed by atoms with Gasteiger partial charge in [-0.3, -0.25) is 4.79 Å². The van der Waals surface area contributed by atoms with Gasteiger partial charge in [-0.05, 0) is 42.1 Å². The lowest BCUT2D eigenvalue weighted by atomic mass is 10.2. The average Bonchev–Trinajstić information content (AvgIpc) is 3.35. The zero-order valence-electron chi connectivity index (χ0n) is 15.1. The minimum absolute atomic E-state index is 0.125. The molecule has 146 valence electrons. The smallest absolute Gasteiger partial charge is 0.338 e. The van der Waals surface area contributed by atoms with E-state index in [4.69, 9.17) is 10.6 Å². The third-order valence-corrected chi connectivity index (χ3v) is 5.39. The summed E-state index contributed by atoms with van der Waals surface area (Å²) in [4.78, 5) is 24.9. The molecule has 3 aromatic rings. The Morgan fingerprint density at radius 3 is 2.71 bits per heavy atom. The first-order valence-electron chi connectivity index (χ1n) is 8.52. The van der Waals surface area contributed by atoms with Gasteiger partial charge in [0.25, 0.3) is 0 Å². The number of thioether (sulfide) groups is 1. The number of rotatable bonds is 8. The molecule has 0 unspecified atom stereocenters. The van der Waals surface area contributed by atoms with Crippen molar-refractivity contribution >= 4 is 40.7 Å². The lowest BCUT2D eigenvalue weighted by molar-refractivity contribution is -0.113. The Labute approximate surface area is 170 Å². The molecule has 0 aliphatic rings. The molecule has 2 aromatic heterocycles. The second-order valence-corrected chi connectivity index (χ2v) is 7.59. The molecule has 0 radical (unpaired) electrons. The van der Waals surface area contributed by atoms with Gasteiger partial charge in [-0.25, -0.2) is 9.47 Å². The van der Waals surface area contributed by atoms with E-state index in [1.165, 1.54) is 27.8 Å². The van der Waals surface area contributed by atoms with Crippen LogP contribution in [0.4, 0.5) is 5.69 Å². The molecular weight excluding hydrogens is 398 g/mol. The van der Waals surface area contributed by atoms with Gasteiger partial charge in [-0.2, -0.15) is 0 Å². The van der Waals surface area contributed by atoms with Crippen molar-refractivity contribution in [2.24, 2.45) is 0 Å². The third-order valence-electron chi connectivity index (χ3n) is 3.58. The molecule has 1 aromatic carbocycles. The van der Waals surface area contributed by atoms with Crippen LogP contribution in [0.5, 0.6) is 0 Å². The second kappa shape index (κ2) is 9.38. The molecule has 0 bridgehead atoms. The number of hydrogen-bond acceptors (Lipinski definition) is 8. The van der Waals surface area contributed by atoms with Crippen LogP contribution in [0.25, 0.3) is 10.7 Å². The fraction of sp³-hybridized carbons (Fsp3) is 0.222. The van der Waals surface area contributed by atoms with Gasteiger partial charge < -0.3 is 15.9 Å². The first kappa shape index (κ1) is 19.9. The molecule has 0 aliphatic carbocycles. The number of nitrogens with one attached hydrogen (secondary N) is 1. The summed E-state index contributed by atoms with van der Waals surface area (Å²) in [6.07, 6.45) is 0.767. The predicted molar refractivity (Wildman–Crippen MR) is 110 cm³/mol. The van der Waals surface area contributed by atoms with Gasteiger partial charge in [0, 0.05) is 5.69 Å². The number of hydrogen-bond donors (Lipinski definition) is 2. The van der Waals surface area contributed by atoms with Gasteiger partial charge in [-0.1, -0.05) is 24.8 Å². The normalized spacial score (nSPS) is 10.6. The minimum Gasteiger partial charge on any atom is -0.462 e. The van der Waals surface area contributed by atoms with E-state index in [-0.39, 0.29) is 17.6 Å². The number of aromatic nitrogens is 3. The van der Waals surface area contributed by atoms with Gasteiger partial charge in [0.15, 0.2) is 5.82 Å². The van der Waals surface area contributed by atoms with Crippen LogP contribution >= 0.6 is 23.1 Å². The van der Waals surface area contributed by atoms with Crippen LogP contribution < -0.4 is 11.2 Å². The van der Waals surface area contributed by atoms with E-state index >= 15 is 0 Å². The summed E-state index contributed by atoms with van der Waals surface area (Å²) in [6.45, 7) is 2.31. The topological polar surface area (TPSA) is 112 Å². The largest absolute Gasteiger partial charge is 0.462 e. The van der Waals surface area contributed by atoms with Crippen LogP contribution in [-0.4, -0.2) is 39.1 Å². The molecule has 0 saturated heterocycles. The van der Waals surface area contributed by atoms with Crippen molar-refractivity contribution in [3.63, 3.8) is 0 Å². The van der Waals surface area contributed by atoms with Crippen LogP contribution in [0.2, 0.25) is 0 Å². The molecule has 10 heteroatoms. The summed E-state index contributed by atoms with van der Waals surface area (Å²) in [5.41, 5.74) is 1.03. The number of nitrogens with zero attached hydrogens (tertiary/aromatic N) is 3. The fourth-order valence-electron chi connectivity index (χ4n) is 2.24. The maximum absolute atomic E-state index is 12.2. The molecule has 0 spiro atoms. The highest BCUT2D eigenvalue weighted by atomic mass is 32.2. The number of benzene rings is 1. The lowest BCUT2D eigenvalue weighted by Crippen LogP contribution is -2.16. The predicted octanol–water partition coefficient (Wildman–Crippen LogP) is 3.02. The van der Waals surface area contributed by atoms with Gasteiger partial charge in [0.05, 0.1) is 22.8 Å². The van der Waals surface area contributed by atoms with Crippen molar-refractivity contribution < 1.29 is 14.3 Å². The Morgan fingerprint density at radius 1 is 1.25 bits per heavy atom. The summed E-state index contributed by atoms with van der Waals surface area (Å²) >= 11 is 2.70. The molecule has 3 rings (SSSR count). The van der Waals surface area contributed by atoms with Crippen LogP contribution in [0.1, 0.15) is 23.7 Å². The van der Waals surface area contributed by atoms with E-state index in [2.05, 4.69) is 15.5 Å². The number of carbonyl (C=O) groups excluding carboxylic acids is 2. The quantitative estimate of drug-likeness (QED) is 0.329. The summed E-state index contributed by atoms with van der Waals surface area (Å²) in [5, 5.41) is 13.3. The highest BCUT2D eigenvalue weighted by Crippen LogP contribution is 2.25. The number of ether oxygens (including phenoxy) is 1. The van der Waals surface area contributed by atoms with Crippen molar-refractivity contribution in [1.29, 1.82) is 0 Å². The Balaban J connectivity index is 1.53. The zero-order valence-corrected chi connectivity index (χ0v) is 16.8. The molecule has 1 amide bonds. The number of thiophene rings is 1. The summed E-state index contributed by atoms with van der Waals surface area (Å²) in [7, 11) is 0. The first-order chi connectivity index (χ1) is 13.6. The number of anilines is 1. The van der Waals surface area contributed by atoms with Crippen molar-refractivity contribution in [2.45, 2.75) is 18.5 Å². The van der Waals surface area contributed by atoms with Crippen molar-refractivity contribution in [2.75, 3.05) is 23.5 Å². The van der Waals surface area contributed by atoms with Crippen LogP contribution in [0, 0.1) is 0 Å². The summed E-state index contributed by atoms with van der Waals surface area (Å²) < 4.78 is 6.45. The molecule has 0 fully saturated rings. The Morgan fingerprint density at radius 2 is 2.04 bits per heavy atom. The van der Waals surface area contributed by atoms with E-state index in [1.807, 2.05) is 24.4 Å². The highest BCUT2D eigenvalue weighted by molar-refractivity contribution is 7.99. The van der Waals surface area contributed by atoms with E-state index in [1.54, 1.807) is 24.3 Å². The molecule has 0 atom stereocenters. The molecule has 3 N–H and O–H groups in total. The van der Waals surface area contributed by atoms with Crippen molar-refractivity contribution in [1.82, 2.24) is 14.9 Å². The fourth-order valence-corrected chi connectivity index (χ4v) is 3.61. The number of nitrogens with two attached hydrogens (primary N) is 1. The van der Waals surface area contributed by atoms with E-state index in [9.17, 15) is 9.59 Å². The highest BCUT2D eigenvalue weighted by Gasteiger charge is 2.14. The lowest BCUT2D eigenvalue weighted by Gasteiger charge is -2.07. The van der Waals surface area contributed by atoms with Crippen LogP contribution in [0.15, 0.2) is 46.9 Å². The first-order valence-corrected chi connectivity index (χ1v) is 10.4. The van der Waals surface area contributed by atoms with Gasteiger partial charge >= 0.3 is 5.97 Å². The van der Waals surface area contributed by atoms with E-state index in [0.717, 1.165) is 11.3 Å². The molecule has 0 aliphatic heterocycles. The molecular formula is C18H19N5O3S2. The third kappa shape index (κ3) is 4.90. The maximum atomic E-state index is 12.2. The monoisotopic (exact) mass is 417 g/mol. The average molecular weight is 418 g/mol. The number of amides is 1. The Kier molecular flexibility index (Phi) is 6.66. The number of esters is 1. The van der Waals surface area contributed by atoms with Crippen LogP contribution in [0.3, 0.4) is 0 Å². The number of carbonyl (C=O) groups is 2. The Hall–Kier alpha value is -2.85. The summed E-state index contributed by atoms with van der Waals surface area (Å²) in [6, 6.07) is 10.4. The Bertz CT molecular complexity index is 939. The second-order valence-electron chi connectivity index (χ2n) is 5.70. The van der Waals surface area contributed by atoms with Gasteiger partial charge in [0.1, 0.15) is 0 Å². The van der Waals surface area contributed by atoms with Crippen molar-refractivity contribution in [3.8, 4) is 10.7 Å². The van der Waals surface area contributed by atoms with Crippen molar-refractivity contribution in [3.05, 3.63) is 47.3 Å².